The molecule has 0 unspecified atom stereocenters. The lowest BCUT2D eigenvalue weighted by Crippen LogP contribution is -2.10. The average Bonchev–Trinajstić information content (AvgIpc) is 3.11. The summed E-state index contributed by atoms with van der Waals surface area (Å²) < 4.78 is 10.7. The lowest BCUT2D eigenvalue weighted by molar-refractivity contribution is 0.0995. The summed E-state index contributed by atoms with van der Waals surface area (Å²) in [5.74, 6) is 2.10. The van der Waals surface area contributed by atoms with Crippen LogP contribution >= 0.6 is 23.4 Å². The number of nitrogens with one attached hydrogen (secondary N) is 1. The summed E-state index contributed by atoms with van der Waals surface area (Å²) in [5.41, 5.74) is 0.680. The Balaban J connectivity index is 1.58. The first-order valence-electron chi connectivity index (χ1n) is 7.56. The molecule has 0 spiro atoms. The van der Waals surface area contributed by atoms with E-state index in [1.54, 1.807) is 49.2 Å². The molecule has 1 amide bonds. The zero-order chi connectivity index (χ0) is 17.6. The highest BCUT2D eigenvalue weighted by molar-refractivity contribution is 7.98. The van der Waals surface area contributed by atoms with E-state index < -0.39 is 0 Å². The minimum atomic E-state index is -0.284. The van der Waals surface area contributed by atoms with Crippen molar-refractivity contribution in [3.63, 3.8) is 0 Å². The fraction of sp³-hybridized carbons (Fsp3) is 0.105. The Labute approximate surface area is 155 Å². The number of carbonyl (C=O) groups is 1. The molecular formula is C19H16ClNO3S. The van der Waals surface area contributed by atoms with Crippen molar-refractivity contribution in [1.82, 2.24) is 0 Å². The number of hydrogen-bond acceptors (Lipinski definition) is 4. The minimum Gasteiger partial charge on any atom is -0.497 e. The zero-order valence-electron chi connectivity index (χ0n) is 13.5. The van der Waals surface area contributed by atoms with Crippen LogP contribution in [0.5, 0.6) is 5.75 Å². The number of carbonyl (C=O) groups excluding carboxylic acids is 1. The molecular weight excluding hydrogens is 358 g/mol. The van der Waals surface area contributed by atoms with Crippen molar-refractivity contribution in [1.29, 1.82) is 0 Å². The van der Waals surface area contributed by atoms with Gasteiger partial charge in [0.05, 0.1) is 12.9 Å². The summed E-state index contributed by atoms with van der Waals surface area (Å²) in [7, 11) is 1.60. The van der Waals surface area contributed by atoms with E-state index in [0.29, 0.717) is 16.5 Å². The Morgan fingerprint density at radius 3 is 2.48 bits per heavy atom. The fourth-order valence-electron chi connectivity index (χ4n) is 2.13. The highest BCUT2D eigenvalue weighted by Gasteiger charge is 2.12. The topological polar surface area (TPSA) is 51.5 Å². The summed E-state index contributed by atoms with van der Waals surface area (Å²) in [6, 6.07) is 18.2. The summed E-state index contributed by atoms with van der Waals surface area (Å²) in [5, 5.41) is 3.50. The van der Waals surface area contributed by atoms with Crippen LogP contribution in [0.2, 0.25) is 5.02 Å². The summed E-state index contributed by atoms with van der Waals surface area (Å²) >= 11 is 7.49. The first kappa shape index (κ1) is 17.5. The van der Waals surface area contributed by atoms with Gasteiger partial charge in [-0.15, -0.1) is 11.8 Å². The molecule has 0 fully saturated rings. The summed E-state index contributed by atoms with van der Waals surface area (Å²) in [6.07, 6.45) is 0. The van der Waals surface area contributed by atoms with E-state index in [9.17, 15) is 4.79 Å². The first-order valence-corrected chi connectivity index (χ1v) is 8.93. The number of rotatable bonds is 6. The third-order valence-electron chi connectivity index (χ3n) is 3.43. The van der Waals surface area contributed by atoms with Crippen LogP contribution in [-0.4, -0.2) is 13.0 Å². The number of anilines is 1. The maximum Gasteiger partial charge on any atom is 0.291 e. The van der Waals surface area contributed by atoms with Crippen molar-refractivity contribution in [2.24, 2.45) is 0 Å². The molecule has 0 radical (unpaired) electrons. The van der Waals surface area contributed by atoms with Crippen LogP contribution in [0, 0.1) is 0 Å². The molecule has 0 aliphatic rings. The van der Waals surface area contributed by atoms with Gasteiger partial charge in [0, 0.05) is 15.6 Å². The van der Waals surface area contributed by atoms with E-state index in [1.165, 1.54) is 0 Å². The quantitative estimate of drug-likeness (QED) is 0.581. The van der Waals surface area contributed by atoms with Gasteiger partial charge in [0.1, 0.15) is 11.5 Å². The first-order chi connectivity index (χ1) is 12.1. The largest absolute Gasteiger partial charge is 0.497 e. The molecule has 1 N–H and O–H groups in total. The van der Waals surface area contributed by atoms with Crippen molar-refractivity contribution in [2.45, 2.75) is 10.6 Å². The van der Waals surface area contributed by atoms with Crippen LogP contribution < -0.4 is 10.1 Å². The van der Waals surface area contributed by atoms with Gasteiger partial charge in [-0.2, -0.15) is 0 Å². The summed E-state index contributed by atoms with van der Waals surface area (Å²) in [4.78, 5) is 13.3. The second kappa shape index (κ2) is 8.14. The molecule has 1 heterocycles. The average molecular weight is 374 g/mol. The Morgan fingerprint density at radius 2 is 1.80 bits per heavy atom. The van der Waals surface area contributed by atoms with Crippen molar-refractivity contribution in [2.75, 3.05) is 12.4 Å². The Bertz CT molecular complexity index is 844. The van der Waals surface area contributed by atoms with Crippen LogP contribution in [0.15, 0.2) is 70.0 Å². The predicted molar refractivity (Wildman–Crippen MR) is 101 cm³/mol. The molecule has 2 aromatic carbocycles. The van der Waals surface area contributed by atoms with Crippen molar-refractivity contribution < 1.29 is 13.9 Å². The van der Waals surface area contributed by atoms with Gasteiger partial charge in [0.15, 0.2) is 5.76 Å². The molecule has 1 aromatic heterocycles. The number of benzene rings is 2. The molecule has 0 aliphatic carbocycles. The second-order valence-electron chi connectivity index (χ2n) is 5.19. The van der Waals surface area contributed by atoms with Gasteiger partial charge in [-0.25, -0.2) is 0 Å². The van der Waals surface area contributed by atoms with Crippen molar-refractivity contribution >= 4 is 35.0 Å². The lowest BCUT2D eigenvalue weighted by atomic mass is 10.3. The van der Waals surface area contributed by atoms with Crippen LogP contribution in [0.3, 0.4) is 0 Å². The van der Waals surface area contributed by atoms with Crippen LogP contribution in [0.25, 0.3) is 0 Å². The molecule has 0 atom stereocenters. The number of furan rings is 1. The maximum absolute atomic E-state index is 12.2. The van der Waals surface area contributed by atoms with E-state index in [2.05, 4.69) is 5.32 Å². The maximum atomic E-state index is 12.2. The fourth-order valence-corrected chi connectivity index (χ4v) is 3.05. The smallest absolute Gasteiger partial charge is 0.291 e. The van der Waals surface area contributed by atoms with Gasteiger partial charge in [0.25, 0.3) is 5.91 Å². The standard InChI is InChI=1S/C19H16ClNO3S/c1-23-15-6-4-14(5-7-15)21-19(22)18-11-8-16(24-18)12-25-17-9-2-13(20)3-10-17/h2-11H,12H2,1H3,(H,21,22). The van der Waals surface area contributed by atoms with Crippen LogP contribution in [-0.2, 0) is 5.75 Å². The van der Waals surface area contributed by atoms with Crippen molar-refractivity contribution in [3.8, 4) is 5.75 Å². The minimum absolute atomic E-state index is 0.280. The van der Waals surface area contributed by atoms with E-state index >= 15 is 0 Å². The second-order valence-corrected chi connectivity index (χ2v) is 6.68. The normalized spacial score (nSPS) is 10.5. The predicted octanol–water partition coefficient (Wildman–Crippen LogP) is 5.49. The Morgan fingerprint density at radius 1 is 1.08 bits per heavy atom. The molecule has 128 valence electrons. The highest BCUT2D eigenvalue weighted by atomic mass is 35.5. The van der Waals surface area contributed by atoms with Crippen LogP contribution in [0.4, 0.5) is 5.69 Å². The number of thioether (sulfide) groups is 1. The van der Waals surface area contributed by atoms with Gasteiger partial charge in [-0.05, 0) is 60.7 Å². The molecule has 3 rings (SSSR count). The molecule has 6 heteroatoms. The molecule has 0 saturated carbocycles. The lowest BCUT2D eigenvalue weighted by Gasteiger charge is -2.04. The number of amides is 1. The summed E-state index contributed by atoms with van der Waals surface area (Å²) in [6.45, 7) is 0. The van der Waals surface area contributed by atoms with E-state index in [1.807, 2.05) is 30.3 Å². The van der Waals surface area contributed by atoms with Gasteiger partial charge in [-0.3, -0.25) is 4.79 Å². The van der Waals surface area contributed by atoms with E-state index in [0.717, 1.165) is 16.4 Å². The number of halogens is 1. The van der Waals surface area contributed by atoms with Gasteiger partial charge >= 0.3 is 0 Å². The third kappa shape index (κ3) is 4.81. The van der Waals surface area contributed by atoms with Crippen molar-refractivity contribution in [3.05, 3.63) is 77.2 Å². The number of ether oxygens (including phenoxy) is 1. The molecule has 4 nitrogen and oxygen atoms in total. The number of methoxy groups -OCH3 is 1. The third-order valence-corrected chi connectivity index (χ3v) is 4.71. The molecule has 25 heavy (non-hydrogen) atoms. The molecule has 0 aliphatic heterocycles. The molecule has 0 bridgehead atoms. The SMILES string of the molecule is COc1ccc(NC(=O)c2ccc(CSc3ccc(Cl)cc3)o2)cc1. The Hall–Kier alpha value is -2.37. The molecule has 0 saturated heterocycles. The highest BCUT2D eigenvalue weighted by Crippen LogP contribution is 2.25. The Kier molecular flexibility index (Phi) is 5.68. The van der Waals surface area contributed by atoms with E-state index in [-0.39, 0.29) is 11.7 Å². The number of hydrogen-bond donors (Lipinski definition) is 1. The van der Waals surface area contributed by atoms with Gasteiger partial charge < -0.3 is 14.5 Å². The molecule has 3 aromatic rings. The van der Waals surface area contributed by atoms with Crippen LogP contribution in [0.1, 0.15) is 16.3 Å². The van der Waals surface area contributed by atoms with Gasteiger partial charge in [-0.1, -0.05) is 11.6 Å². The zero-order valence-corrected chi connectivity index (χ0v) is 15.1. The van der Waals surface area contributed by atoms with Gasteiger partial charge in [0.2, 0.25) is 0 Å². The monoisotopic (exact) mass is 373 g/mol. The van der Waals surface area contributed by atoms with E-state index in [4.69, 9.17) is 20.8 Å².